The zero-order chi connectivity index (χ0) is 15.0. The van der Waals surface area contributed by atoms with E-state index in [0.717, 1.165) is 16.6 Å². The Hall–Kier alpha value is -2.34. The zero-order valence-electron chi connectivity index (χ0n) is 11.7. The first-order valence-electron chi connectivity index (χ1n) is 6.49. The van der Waals surface area contributed by atoms with Gasteiger partial charge in [-0.15, -0.1) is 0 Å². The topological polar surface area (TPSA) is 63.5 Å². The Kier molecular flexibility index (Phi) is 3.17. The predicted molar refractivity (Wildman–Crippen MR) is 81.9 cm³/mol. The summed E-state index contributed by atoms with van der Waals surface area (Å²) in [6.07, 6.45) is 3.38. The van der Waals surface area contributed by atoms with Gasteiger partial charge in [-0.3, -0.25) is 4.72 Å². The van der Waals surface area contributed by atoms with Gasteiger partial charge in [0, 0.05) is 12.4 Å². The van der Waals surface area contributed by atoms with Crippen LogP contribution in [0.5, 0.6) is 0 Å². The Morgan fingerprint density at radius 1 is 1.05 bits per heavy atom. The second-order valence-corrected chi connectivity index (χ2v) is 6.65. The minimum Gasteiger partial charge on any atom is -0.279 e. The molecule has 0 aliphatic heterocycles. The molecule has 0 aliphatic rings. The van der Waals surface area contributed by atoms with E-state index in [9.17, 15) is 8.42 Å². The number of pyridine rings is 1. The standard InChI is InChI=1S/C15H15N3O2S/c1-11-3-4-15(9-12(11)2)21(19,20)17-13-6-8-18-14(10-13)5-7-16-18/h3-10,17H,1-2H3. The van der Waals surface area contributed by atoms with Crippen LogP contribution in [0.25, 0.3) is 5.52 Å². The number of sulfonamides is 1. The maximum Gasteiger partial charge on any atom is 0.261 e. The lowest BCUT2D eigenvalue weighted by atomic mass is 10.1. The van der Waals surface area contributed by atoms with Crippen molar-refractivity contribution in [2.45, 2.75) is 18.7 Å². The fourth-order valence-corrected chi connectivity index (χ4v) is 3.21. The molecular formula is C15H15N3O2S. The molecule has 1 N–H and O–H groups in total. The van der Waals surface area contributed by atoms with E-state index in [1.165, 1.54) is 0 Å². The van der Waals surface area contributed by atoms with Crippen LogP contribution in [0.1, 0.15) is 11.1 Å². The van der Waals surface area contributed by atoms with E-state index in [4.69, 9.17) is 0 Å². The van der Waals surface area contributed by atoms with Crippen molar-refractivity contribution in [1.29, 1.82) is 0 Å². The van der Waals surface area contributed by atoms with Gasteiger partial charge in [-0.05, 0) is 55.3 Å². The third kappa shape index (κ3) is 2.62. The zero-order valence-corrected chi connectivity index (χ0v) is 12.6. The molecule has 21 heavy (non-hydrogen) atoms. The summed E-state index contributed by atoms with van der Waals surface area (Å²) in [6, 6.07) is 10.3. The molecule has 3 aromatic rings. The summed E-state index contributed by atoms with van der Waals surface area (Å²) in [5, 5.41) is 4.08. The molecule has 108 valence electrons. The third-order valence-corrected chi connectivity index (χ3v) is 4.82. The summed E-state index contributed by atoms with van der Waals surface area (Å²) in [5.41, 5.74) is 3.36. The van der Waals surface area contributed by atoms with Gasteiger partial charge in [-0.25, -0.2) is 12.9 Å². The van der Waals surface area contributed by atoms with Crippen LogP contribution in [0.2, 0.25) is 0 Å². The van der Waals surface area contributed by atoms with E-state index in [0.29, 0.717) is 5.69 Å². The lowest BCUT2D eigenvalue weighted by molar-refractivity contribution is 0.601. The monoisotopic (exact) mass is 301 g/mol. The highest BCUT2D eigenvalue weighted by molar-refractivity contribution is 7.92. The summed E-state index contributed by atoms with van der Waals surface area (Å²) in [7, 11) is -3.58. The van der Waals surface area contributed by atoms with Gasteiger partial charge in [-0.1, -0.05) is 6.07 Å². The highest BCUT2D eigenvalue weighted by Crippen LogP contribution is 2.19. The SMILES string of the molecule is Cc1ccc(S(=O)(=O)Nc2ccn3nccc3c2)cc1C. The fraction of sp³-hybridized carbons (Fsp3) is 0.133. The van der Waals surface area contributed by atoms with Gasteiger partial charge in [0.2, 0.25) is 0 Å². The van der Waals surface area contributed by atoms with E-state index in [-0.39, 0.29) is 4.90 Å². The number of aromatic nitrogens is 2. The van der Waals surface area contributed by atoms with Crippen molar-refractivity contribution in [3.63, 3.8) is 0 Å². The fourth-order valence-electron chi connectivity index (χ4n) is 2.08. The summed E-state index contributed by atoms with van der Waals surface area (Å²) in [4.78, 5) is 0.263. The number of hydrogen-bond donors (Lipinski definition) is 1. The van der Waals surface area contributed by atoms with Gasteiger partial charge >= 0.3 is 0 Å². The van der Waals surface area contributed by atoms with Crippen molar-refractivity contribution >= 4 is 21.2 Å². The van der Waals surface area contributed by atoms with Gasteiger partial charge in [0.15, 0.2) is 0 Å². The number of aryl methyl sites for hydroxylation is 2. The van der Waals surface area contributed by atoms with Crippen LogP contribution in [0.15, 0.2) is 53.7 Å². The van der Waals surface area contributed by atoms with E-state index in [1.54, 1.807) is 41.2 Å². The molecule has 0 saturated carbocycles. The second-order valence-electron chi connectivity index (χ2n) is 4.97. The van der Waals surface area contributed by atoms with E-state index in [1.807, 2.05) is 26.0 Å². The number of benzene rings is 1. The Balaban J connectivity index is 1.96. The van der Waals surface area contributed by atoms with Crippen LogP contribution in [0.4, 0.5) is 5.69 Å². The van der Waals surface area contributed by atoms with Crippen molar-refractivity contribution in [2.75, 3.05) is 4.72 Å². The lowest BCUT2D eigenvalue weighted by Gasteiger charge is -2.10. The maximum absolute atomic E-state index is 12.4. The van der Waals surface area contributed by atoms with Crippen LogP contribution in [0.3, 0.4) is 0 Å². The molecule has 0 bridgehead atoms. The van der Waals surface area contributed by atoms with Crippen molar-refractivity contribution in [3.05, 3.63) is 59.9 Å². The van der Waals surface area contributed by atoms with Crippen LogP contribution in [-0.4, -0.2) is 18.0 Å². The molecule has 0 fully saturated rings. The molecule has 1 aromatic carbocycles. The Labute approximate surface area is 123 Å². The van der Waals surface area contributed by atoms with Crippen LogP contribution in [0, 0.1) is 13.8 Å². The number of rotatable bonds is 3. The van der Waals surface area contributed by atoms with Crippen molar-refractivity contribution < 1.29 is 8.42 Å². The predicted octanol–water partition coefficient (Wildman–Crippen LogP) is 2.75. The van der Waals surface area contributed by atoms with Crippen LogP contribution < -0.4 is 4.72 Å². The smallest absolute Gasteiger partial charge is 0.261 e. The van der Waals surface area contributed by atoms with Gasteiger partial charge in [0.25, 0.3) is 10.0 Å². The number of anilines is 1. The van der Waals surface area contributed by atoms with E-state index >= 15 is 0 Å². The van der Waals surface area contributed by atoms with Crippen molar-refractivity contribution in [2.24, 2.45) is 0 Å². The van der Waals surface area contributed by atoms with Crippen molar-refractivity contribution in [1.82, 2.24) is 9.61 Å². The van der Waals surface area contributed by atoms with Crippen LogP contribution in [-0.2, 0) is 10.0 Å². The highest BCUT2D eigenvalue weighted by Gasteiger charge is 2.15. The molecule has 0 unspecified atom stereocenters. The molecular weight excluding hydrogens is 286 g/mol. The number of nitrogens with zero attached hydrogens (tertiary/aromatic N) is 2. The average molecular weight is 301 g/mol. The van der Waals surface area contributed by atoms with Gasteiger partial charge in [0.05, 0.1) is 16.1 Å². The first-order valence-corrected chi connectivity index (χ1v) is 7.97. The Morgan fingerprint density at radius 2 is 1.86 bits per heavy atom. The molecule has 0 spiro atoms. The molecule has 2 aromatic heterocycles. The molecule has 0 atom stereocenters. The molecule has 0 amide bonds. The van der Waals surface area contributed by atoms with Gasteiger partial charge in [-0.2, -0.15) is 5.10 Å². The van der Waals surface area contributed by atoms with Gasteiger partial charge in [0.1, 0.15) is 0 Å². The molecule has 5 nitrogen and oxygen atoms in total. The van der Waals surface area contributed by atoms with Crippen LogP contribution >= 0.6 is 0 Å². The number of fused-ring (bicyclic) bond motifs is 1. The first-order chi connectivity index (χ1) is 9.95. The highest BCUT2D eigenvalue weighted by atomic mass is 32.2. The Bertz CT molecular complexity index is 914. The van der Waals surface area contributed by atoms with E-state index < -0.39 is 10.0 Å². The number of hydrogen-bond acceptors (Lipinski definition) is 3. The quantitative estimate of drug-likeness (QED) is 0.809. The molecule has 6 heteroatoms. The molecule has 0 radical (unpaired) electrons. The summed E-state index contributed by atoms with van der Waals surface area (Å²) in [6.45, 7) is 3.85. The average Bonchev–Trinajstić information content (AvgIpc) is 2.88. The molecule has 0 aliphatic carbocycles. The summed E-state index contributed by atoms with van der Waals surface area (Å²) < 4.78 is 29.1. The lowest BCUT2D eigenvalue weighted by Crippen LogP contribution is -2.13. The normalized spacial score (nSPS) is 11.7. The molecule has 3 rings (SSSR count). The molecule has 2 heterocycles. The summed E-state index contributed by atoms with van der Waals surface area (Å²) >= 11 is 0. The largest absolute Gasteiger partial charge is 0.279 e. The Morgan fingerprint density at radius 3 is 2.62 bits per heavy atom. The van der Waals surface area contributed by atoms with E-state index in [2.05, 4.69) is 9.82 Å². The first kappa shape index (κ1) is 13.6. The van der Waals surface area contributed by atoms with Gasteiger partial charge < -0.3 is 0 Å². The molecule has 0 saturated heterocycles. The van der Waals surface area contributed by atoms with Crippen molar-refractivity contribution in [3.8, 4) is 0 Å². The summed E-state index contributed by atoms with van der Waals surface area (Å²) in [5.74, 6) is 0. The third-order valence-electron chi connectivity index (χ3n) is 3.44. The minimum atomic E-state index is -3.58. The number of nitrogens with one attached hydrogen (secondary N) is 1. The maximum atomic E-state index is 12.4. The second kappa shape index (κ2) is 4.89. The minimum absolute atomic E-state index is 0.263.